The minimum Gasteiger partial charge on any atom is -0.481 e. The zero-order chi connectivity index (χ0) is 15.4. The monoisotopic (exact) mass is 292 g/mol. The molecule has 114 valence electrons. The average molecular weight is 292 g/mol. The van der Waals surface area contributed by atoms with Gasteiger partial charge in [-0.1, -0.05) is 19.1 Å². The van der Waals surface area contributed by atoms with E-state index in [0.29, 0.717) is 18.8 Å². The van der Waals surface area contributed by atoms with Crippen LogP contribution in [-0.2, 0) is 9.59 Å². The summed E-state index contributed by atoms with van der Waals surface area (Å²) >= 11 is 0. The van der Waals surface area contributed by atoms with E-state index in [1.165, 1.54) is 4.90 Å². The molecular weight excluding hydrogens is 272 g/mol. The van der Waals surface area contributed by atoms with Crippen molar-refractivity contribution >= 4 is 17.6 Å². The normalized spacial score (nSPS) is 17.9. The summed E-state index contributed by atoms with van der Waals surface area (Å²) in [6, 6.07) is 7.43. The molecule has 0 aromatic heterocycles. The molecule has 21 heavy (non-hydrogen) atoms. The van der Waals surface area contributed by atoms with Crippen molar-refractivity contribution in [1.82, 2.24) is 4.90 Å². The van der Waals surface area contributed by atoms with Crippen LogP contribution in [0.3, 0.4) is 0 Å². The van der Waals surface area contributed by atoms with Crippen molar-refractivity contribution < 1.29 is 19.4 Å². The molecule has 1 aromatic rings. The zero-order valence-electron chi connectivity index (χ0n) is 12.2. The van der Waals surface area contributed by atoms with E-state index < -0.39 is 18.0 Å². The maximum Gasteiger partial charge on any atom is 0.308 e. The maximum absolute atomic E-state index is 12.5. The highest BCUT2D eigenvalue weighted by Crippen LogP contribution is 2.28. The molecule has 0 aliphatic carbocycles. The van der Waals surface area contributed by atoms with Crippen molar-refractivity contribution in [3.05, 3.63) is 24.3 Å². The number of carbonyl (C=O) groups is 2. The van der Waals surface area contributed by atoms with Crippen molar-refractivity contribution in [3.8, 4) is 5.75 Å². The van der Waals surface area contributed by atoms with Crippen molar-refractivity contribution in [2.45, 2.75) is 20.0 Å². The summed E-state index contributed by atoms with van der Waals surface area (Å²) in [5, 5.41) is 12.1. The Kier molecular flexibility index (Phi) is 4.67. The molecule has 6 nitrogen and oxygen atoms in total. The molecule has 0 saturated heterocycles. The van der Waals surface area contributed by atoms with Crippen LogP contribution in [0, 0.1) is 5.92 Å². The highest BCUT2D eigenvalue weighted by atomic mass is 16.5. The summed E-state index contributed by atoms with van der Waals surface area (Å²) in [5.41, 5.74) is 0.864. The predicted molar refractivity (Wildman–Crippen MR) is 78.4 cm³/mol. The van der Waals surface area contributed by atoms with Gasteiger partial charge in [0.05, 0.1) is 18.2 Å². The lowest BCUT2D eigenvalue weighted by Crippen LogP contribution is -2.48. The van der Waals surface area contributed by atoms with E-state index in [0.717, 1.165) is 5.69 Å². The summed E-state index contributed by atoms with van der Waals surface area (Å²) < 4.78 is 5.72. The van der Waals surface area contributed by atoms with Gasteiger partial charge in [0, 0.05) is 13.1 Å². The SMILES string of the molecule is CCN(CC(C)C(=O)O)C(=O)C1CNc2ccccc2O1. The Morgan fingerprint density at radius 3 is 2.86 bits per heavy atom. The Morgan fingerprint density at radius 1 is 1.48 bits per heavy atom. The number of hydrogen-bond acceptors (Lipinski definition) is 4. The minimum absolute atomic E-state index is 0.187. The molecule has 1 heterocycles. The number of benzene rings is 1. The predicted octanol–water partition coefficient (Wildman–Crippen LogP) is 1.43. The fraction of sp³-hybridized carbons (Fsp3) is 0.467. The lowest BCUT2D eigenvalue weighted by molar-refractivity contribution is -0.144. The first kappa shape index (κ1) is 15.2. The summed E-state index contributed by atoms with van der Waals surface area (Å²) in [4.78, 5) is 24.9. The van der Waals surface area contributed by atoms with Crippen molar-refractivity contribution in [3.63, 3.8) is 0 Å². The molecule has 2 N–H and O–H groups in total. The largest absolute Gasteiger partial charge is 0.481 e. The molecule has 6 heteroatoms. The van der Waals surface area contributed by atoms with Gasteiger partial charge in [-0.15, -0.1) is 0 Å². The van der Waals surface area contributed by atoms with Crippen LogP contribution in [0.5, 0.6) is 5.75 Å². The fourth-order valence-corrected chi connectivity index (χ4v) is 2.24. The highest BCUT2D eigenvalue weighted by molar-refractivity contribution is 5.83. The topological polar surface area (TPSA) is 78.9 Å². The van der Waals surface area contributed by atoms with Crippen LogP contribution in [0.15, 0.2) is 24.3 Å². The number of carboxylic acid groups (broad SMARTS) is 1. The molecule has 2 rings (SSSR count). The van der Waals surface area contributed by atoms with Gasteiger partial charge < -0.3 is 20.1 Å². The van der Waals surface area contributed by atoms with Crippen LogP contribution in [0.2, 0.25) is 0 Å². The van der Waals surface area contributed by atoms with E-state index in [4.69, 9.17) is 9.84 Å². The molecule has 1 aromatic carbocycles. The Hall–Kier alpha value is -2.24. The first-order chi connectivity index (χ1) is 10.0. The number of para-hydroxylation sites is 2. The summed E-state index contributed by atoms with van der Waals surface area (Å²) in [6.45, 7) is 4.45. The standard InChI is InChI=1S/C15H20N2O4/c1-3-17(9-10(2)15(19)20)14(18)13-8-16-11-6-4-5-7-12(11)21-13/h4-7,10,13,16H,3,8-9H2,1-2H3,(H,19,20). The van der Waals surface area contributed by atoms with E-state index in [1.807, 2.05) is 25.1 Å². The second-order valence-corrected chi connectivity index (χ2v) is 5.10. The lowest BCUT2D eigenvalue weighted by Gasteiger charge is -2.31. The molecule has 0 saturated carbocycles. The Balaban J connectivity index is 2.04. The van der Waals surface area contributed by atoms with E-state index in [9.17, 15) is 9.59 Å². The van der Waals surface area contributed by atoms with Gasteiger partial charge in [-0.2, -0.15) is 0 Å². The number of amides is 1. The average Bonchev–Trinajstić information content (AvgIpc) is 2.51. The van der Waals surface area contributed by atoms with Crippen LogP contribution in [0.1, 0.15) is 13.8 Å². The summed E-state index contributed by atoms with van der Waals surface area (Å²) in [7, 11) is 0. The first-order valence-electron chi connectivity index (χ1n) is 7.04. The van der Waals surface area contributed by atoms with Gasteiger partial charge >= 0.3 is 5.97 Å². The molecule has 0 fully saturated rings. The minimum atomic E-state index is -0.908. The van der Waals surface area contributed by atoms with Crippen LogP contribution in [0.25, 0.3) is 0 Å². The number of carbonyl (C=O) groups excluding carboxylic acids is 1. The number of ether oxygens (including phenoxy) is 1. The smallest absolute Gasteiger partial charge is 0.308 e. The zero-order valence-corrected chi connectivity index (χ0v) is 12.2. The quantitative estimate of drug-likeness (QED) is 0.858. The summed E-state index contributed by atoms with van der Waals surface area (Å²) in [5.74, 6) is -1.05. The van der Waals surface area contributed by atoms with Gasteiger partial charge in [-0.3, -0.25) is 9.59 Å². The lowest BCUT2D eigenvalue weighted by atomic mass is 10.1. The Morgan fingerprint density at radius 2 is 2.19 bits per heavy atom. The van der Waals surface area contributed by atoms with Gasteiger partial charge in [-0.05, 0) is 19.1 Å². The van der Waals surface area contributed by atoms with Crippen molar-refractivity contribution in [1.29, 1.82) is 0 Å². The second kappa shape index (κ2) is 6.47. The van der Waals surface area contributed by atoms with E-state index in [1.54, 1.807) is 13.0 Å². The molecule has 0 spiro atoms. The number of nitrogens with one attached hydrogen (secondary N) is 1. The third kappa shape index (κ3) is 3.45. The highest BCUT2D eigenvalue weighted by Gasteiger charge is 2.30. The van der Waals surface area contributed by atoms with Crippen molar-refractivity contribution in [2.24, 2.45) is 5.92 Å². The Bertz CT molecular complexity index is 532. The summed E-state index contributed by atoms with van der Waals surface area (Å²) in [6.07, 6.45) is -0.624. The van der Waals surface area contributed by atoms with Crippen LogP contribution in [0.4, 0.5) is 5.69 Å². The van der Waals surface area contributed by atoms with Gasteiger partial charge in [-0.25, -0.2) is 0 Å². The van der Waals surface area contributed by atoms with Gasteiger partial charge in [0.1, 0.15) is 5.75 Å². The maximum atomic E-state index is 12.5. The molecule has 0 bridgehead atoms. The molecule has 2 unspecified atom stereocenters. The van der Waals surface area contributed by atoms with Gasteiger partial charge in [0.15, 0.2) is 6.10 Å². The van der Waals surface area contributed by atoms with Gasteiger partial charge in [0.25, 0.3) is 5.91 Å². The van der Waals surface area contributed by atoms with E-state index in [2.05, 4.69) is 5.32 Å². The first-order valence-corrected chi connectivity index (χ1v) is 7.04. The number of fused-ring (bicyclic) bond motifs is 1. The number of hydrogen-bond donors (Lipinski definition) is 2. The van der Waals surface area contributed by atoms with E-state index >= 15 is 0 Å². The van der Waals surface area contributed by atoms with Crippen LogP contribution >= 0.6 is 0 Å². The second-order valence-electron chi connectivity index (χ2n) is 5.10. The number of carboxylic acids is 1. The van der Waals surface area contributed by atoms with Crippen LogP contribution < -0.4 is 10.1 Å². The van der Waals surface area contributed by atoms with Crippen molar-refractivity contribution in [2.75, 3.05) is 25.0 Å². The number of rotatable bonds is 5. The molecule has 1 aliphatic rings. The molecular formula is C15H20N2O4. The van der Waals surface area contributed by atoms with Crippen LogP contribution in [-0.4, -0.2) is 47.6 Å². The molecule has 0 radical (unpaired) electrons. The Labute approximate surface area is 123 Å². The number of anilines is 1. The third-order valence-electron chi connectivity index (χ3n) is 3.52. The molecule has 2 atom stereocenters. The number of likely N-dealkylation sites (N-methyl/N-ethyl adjacent to an activating group) is 1. The number of aliphatic carboxylic acids is 1. The third-order valence-corrected chi connectivity index (χ3v) is 3.52. The number of nitrogens with zero attached hydrogens (tertiary/aromatic N) is 1. The fourth-order valence-electron chi connectivity index (χ4n) is 2.24. The van der Waals surface area contributed by atoms with E-state index in [-0.39, 0.29) is 12.5 Å². The molecule has 1 aliphatic heterocycles. The van der Waals surface area contributed by atoms with Gasteiger partial charge in [0.2, 0.25) is 0 Å². The molecule has 1 amide bonds.